The molecule has 7 nitrogen and oxygen atoms in total. The lowest BCUT2D eigenvalue weighted by atomic mass is 9.79. The summed E-state index contributed by atoms with van der Waals surface area (Å²) in [4.78, 5) is 28.5. The number of rotatable bonds is 10. The Hall–Kier alpha value is -5.08. The Morgan fingerprint density at radius 1 is 0.660 bits per heavy atom. The maximum atomic E-state index is 13.6. The van der Waals surface area contributed by atoms with Gasteiger partial charge < -0.3 is 18.9 Å². The Balaban J connectivity index is 1.29. The number of ether oxygens (including phenoxy) is 4. The highest BCUT2D eigenvalue weighted by molar-refractivity contribution is 6.21. The van der Waals surface area contributed by atoms with Crippen LogP contribution in [-0.2, 0) is 19.8 Å². The number of carbonyl (C=O) groups excluding carboxylic acids is 2. The van der Waals surface area contributed by atoms with E-state index in [1.165, 1.54) is 4.90 Å². The fraction of sp³-hybridized carbons (Fsp3) is 0.200. The van der Waals surface area contributed by atoms with E-state index >= 15 is 0 Å². The first-order valence-electron chi connectivity index (χ1n) is 15.7. The molecule has 0 aliphatic carbocycles. The summed E-state index contributed by atoms with van der Waals surface area (Å²) >= 11 is 0. The third-order valence-electron chi connectivity index (χ3n) is 8.98. The first-order valence-corrected chi connectivity index (χ1v) is 15.7. The maximum absolute atomic E-state index is 13.6. The van der Waals surface area contributed by atoms with Crippen LogP contribution < -0.4 is 4.74 Å². The molecule has 0 spiro atoms. The Morgan fingerprint density at radius 2 is 1.13 bits per heavy atom. The molecular weight excluding hydrogens is 590 g/mol. The van der Waals surface area contributed by atoms with Gasteiger partial charge in [-0.1, -0.05) is 115 Å². The normalized spacial score (nSPS) is 19.4. The molecule has 7 rings (SSSR count). The lowest BCUT2D eigenvalue weighted by Gasteiger charge is -2.44. The molecular formula is C40H35NO6. The number of amides is 2. The number of hydrogen-bond donors (Lipinski definition) is 0. The molecule has 0 N–H and O–H groups in total. The second-order valence-corrected chi connectivity index (χ2v) is 12.0. The molecule has 47 heavy (non-hydrogen) atoms. The van der Waals surface area contributed by atoms with E-state index in [1.54, 1.807) is 31.4 Å². The molecule has 0 radical (unpaired) electrons. The van der Waals surface area contributed by atoms with Crippen LogP contribution in [0.15, 0.2) is 140 Å². The largest absolute Gasteiger partial charge is 0.497 e. The summed E-state index contributed by atoms with van der Waals surface area (Å²) in [6.45, 7) is 0.561. The Labute approximate surface area is 274 Å². The lowest BCUT2D eigenvalue weighted by Crippen LogP contribution is -2.53. The van der Waals surface area contributed by atoms with Crippen LogP contribution in [0.1, 0.15) is 49.3 Å². The van der Waals surface area contributed by atoms with Crippen LogP contribution in [0.4, 0.5) is 0 Å². The molecule has 1 fully saturated rings. The zero-order valence-corrected chi connectivity index (χ0v) is 26.1. The summed E-state index contributed by atoms with van der Waals surface area (Å²) in [6, 6.07) is 44.6. The molecule has 1 saturated heterocycles. The molecule has 2 amide bonds. The van der Waals surface area contributed by atoms with Gasteiger partial charge in [-0.2, -0.15) is 0 Å². The topological polar surface area (TPSA) is 74.3 Å². The Morgan fingerprint density at radius 3 is 1.64 bits per heavy atom. The van der Waals surface area contributed by atoms with Crippen molar-refractivity contribution in [2.24, 2.45) is 5.41 Å². The van der Waals surface area contributed by atoms with Gasteiger partial charge in [0.15, 0.2) is 6.29 Å². The van der Waals surface area contributed by atoms with Gasteiger partial charge in [0.05, 0.1) is 43.5 Å². The number of benzene rings is 5. The summed E-state index contributed by atoms with van der Waals surface area (Å²) in [6.07, 6.45) is -0.582. The molecule has 5 aromatic carbocycles. The van der Waals surface area contributed by atoms with Gasteiger partial charge in [0.2, 0.25) is 0 Å². The summed E-state index contributed by atoms with van der Waals surface area (Å²) in [5, 5.41) is 0. The van der Waals surface area contributed by atoms with Crippen molar-refractivity contribution in [1.29, 1.82) is 0 Å². The van der Waals surface area contributed by atoms with Crippen LogP contribution in [0.5, 0.6) is 5.75 Å². The molecule has 5 aromatic rings. The zero-order valence-electron chi connectivity index (χ0n) is 26.1. The van der Waals surface area contributed by atoms with Gasteiger partial charge in [-0.05, 0) is 41.0 Å². The number of hydrogen-bond acceptors (Lipinski definition) is 6. The number of nitrogens with zero attached hydrogens (tertiary/aromatic N) is 1. The highest BCUT2D eigenvalue weighted by Gasteiger charge is 2.48. The van der Waals surface area contributed by atoms with Crippen LogP contribution in [-0.4, -0.2) is 50.2 Å². The van der Waals surface area contributed by atoms with Gasteiger partial charge in [-0.3, -0.25) is 14.5 Å². The first kappa shape index (κ1) is 30.6. The van der Waals surface area contributed by atoms with E-state index in [9.17, 15) is 9.59 Å². The average Bonchev–Trinajstić information content (AvgIpc) is 3.38. The molecule has 0 saturated carbocycles. The van der Waals surface area contributed by atoms with Gasteiger partial charge in [0.25, 0.3) is 11.8 Å². The summed E-state index contributed by atoms with van der Waals surface area (Å²) < 4.78 is 25.5. The highest BCUT2D eigenvalue weighted by atomic mass is 16.7. The van der Waals surface area contributed by atoms with Crippen LogP contribution >= 0.6 is 0 Å². The third kappa shape index (κ3) is 5.74. The molecule has 2 aliphatic rings. The number of fused-ring (bicyclic) bond motifs is 1. The van der Waals surface area contributed by atoms with Crippen LogP contribution in [0, 0.1) is 5.41 Å². The number of methoxy groups -OCH3 is 1. The molecule has 236 valence electrons. The summed E-state index contributed by atoms with van der Waals surface area (Å²) in [5.74, 6) is 0.0669. The van der Waals surface area contributed by atoms with Gasteiger partial charge in [0, 0.05) is 12.1 Å². The summed E-state index contributed by atoms with van der Waals surface area (Å²) in [7, 11) is 1.64. The van der Waals surface area contributed by atoms with Crippen molar-refractivity contribution in [1.82, 2.24) is 4.90 Å². The molecule has 0 aromatic heterocycles. The maximum Gasteiger partial charge on any atom is 0.261 e. The second-order valence-electron chi connectivity index (χ2n) is 12.0. The predicted molar refractivity (Wildman–Crippen MR) is 177 cm³/mol. The minimum Gasteiger partial charge on any atom is -0.497 e. The SMILES string of the molecule is COc1ccc(C(OCC2(CN3C(=O)c4ccccc4C3=O)COC(c3ccccc3)OC2)(c2ccccc2)c2ccccc2)cc1. The molecule has 7 heteroatoms. The number of imide groups is 1. The predicted octanol–water partition coefficient (Wildman–Crippen LogP) is 7.03. The van der Waals surface area contributed by atoms with E-state index in [0.717, 1.165) is 28.0 Å². The van der Waals surface area contributed by atoms with Crippen molar-refractivity contribution in [2.45, 2.75) is 11.9 Å². The average molecular weight is 626 g/mol. The molecule has 2 aliphatic heterocycles. The van der Waals surface area contributed by atoms with Gasteiger partial charge in [-0.15, -0.1) is 0 Å². The van der Waals surface area contributed by atoms with E-state index in [-0.39, 0.29) is 38.2 Å². The van der Waals surface area contributed by atoms with Crippen LogP contribution in [0.2, 0.25) is 0 Å². The van der Waals surface area contributed by atoms with Crippen molar-refractivity contribution >= 4 is 11.8 Å². The van der Waals surface area contributed by atoms with Gasteiger partial charge in [0.1, 0.15) is 11.4 Å². The monoisotopic (exact) mass is 625 g/mol. The van der Waals surface area contributed by atoms with Crippen molar-refractivity contribution in [3.63, 3.8) is 0 Å². The Bertz CT molecular complexity index is 1760. The van der Waals surface area contributed by atoms with E-state index in [4.69, 9.17) is 18.9 Å². The minimum atomic E-state index is -1.06. The van der Waals surface area contributed by atoms with Crippen molar-refractivity contribution in [2.75, 3.05) is 33.5 Å². The summed E-state index contributed by atoms with van der Waals surface area (Å²) in [5.41, 5.74) is 2.48. The van der Waals surface area contributed by atoms with E-state index in [0.29, 0.717) is 11.1 Å². The second kappa shape index (κ2) is 13.0. The fourth-order valence-electron chi connectivity index (χ4n) is 6.52. The van der Waals surface area contributed by atoms with Gasteiger partial charge >= 0.3 is 0 Å². The van der Waals surface area contributed by atoms with E-state index in [1.807, 2.05) is 115 Å². The Kier molecular flexibility index (Phi) is 8.43. The molecule has 0 atom stereocenters. The smallest absolute Gasteiger partial charge is 0.261 e. The standard InChI is InChI=1S/C40H35NO6/c1-44-33-23-21-32(22-24-33)40(30-15-7-3-8-16-30,31-17-9-4-10-18-31)47-28-39(26-45-38(46-27-39)29-13-5-2-6-14-29)25-41-36(42)34-19-11-12-20-35(34)37(41)43/h2-24,38H,25-28H2,1H3. The minimum absolute atomic E-state index is 0.0587. The van der Waals surface area contributed by atoms with E-state index < -0.39 is 17.3 Å². The van der Waals surface area contributed by atoms with Crippen molar-refractivity contribution in [3.05, 3.63) is 173 Å². The van der Waals surface area contributed by atoms with Crippen molar-refractivity contribution < 1.29 is 28.5 Å². The number of carbonyl (C=O) groups is 2. The van der Waals surface area contributed by atoms with E-state index in [2.05, 4.69) is 0 Å². The first-order chi connectivity index (χ1) is 23.0. The van der Waals surface area contributed by atoms with Crippen LogP contribution in [0.25, 0.3) is 0 Å². The highest BCUT2D eigenvalue weighted by Crippen LogP contribution is 2.44. The molecule has 0 bridgehead atoms. The fourth-order valence-corrected chi connectivity index (χ4v) is 6.52. The quantitative estimate of drug-likeness (QED) is 0.123. The zero-order chi connectivity index (χ0) is 32.3. The van der Waals surface area contributed by atoms with Crippen molar-refractivity contribution in [3.8, 4) is 5.75 Å². The van der Waals surface area contributed by atoms with Gasteiger partial charge in [-0.25, -0.2) is 0 Å². The van der Waals surface area contributed by atoms with Crippen LogP contribution in [0.3, 0.4) is 0 Å². The lowest BCUT2D eigenvalue weighted by molar-refractivity contribution is -0.249. The molecule has 2 heterocycles. The third-order valence-corrected chi connectivity index (χ3v) is 8.98. The molecule has 0 unspecified atom stereocenters.